The third-order valence-corrected chi connectivity index (χ3v) is 5.67. The third kappa shape index (κ3) is 2.77. The number of sulfone groups is 1. The van der Waals surface area contributed by atoms with E-state index in [0.29, 0.717) is 21.5 Å². The Labute approximate surface area is 105 Å². The second kappa shape index (κ2) is 5.19. The van der Waals surface area contributed by atoms with E-state index >= 15 is 0 Å². The molecule has 3 nitrogen and oxygen atoms in total. The average Bonchev–Trinajstić information content (AvgIpc) is 2.17. The van der Waals surface area contributed by atoms with Gasteiger partial charge in [-0.3, -0.25) is 0 Å². The maximum absolute atomic E-state index is 12.2. The molecule has 0 amide bonds. The first-order valence-electron chi connectivity index (χ1n) is 5.18. The quantitative estimate of drug-likeness (QED) is 0.870. The van der Waals surface area contributed by atoms with Crippen molar-refractivity contribution in [2.45, 2.75) is 36.8 Å². The van der Waals surface area contributed by atoms with E-state index in [9.17, 15) is 8.42 Å². The summed E-state index contributed by atoms with van der Waals surface area (Å²) >= 11 is 3.24. The molecule has 0 spiro atoms. The average molecular weight is 306 g/mol. The molecule has 0 aliphatic heterocycles. The smallest absolute Gasteiger partial charge is 0.182 e. The number of rotatable bonds is 4. The lowest BCUT2D eigenvalue weighted by atomic mass is 10.3. The van der Waals surface area contributed by atoms with E-state index in [1.165, 1.54) is 0 Å². The van der Waals surface area contributed by atoms with Crippen molar-refractivity contribution >= 4 is 31.5 Å². The minimum absolute atomic E-state index is 0.322. The predicted octanol–water partition coefficient (Wildman–Crippen LogP) is 2.99. The second-order valence-electron chi connectivity index (χ2n) is 3.83. The van der Waals surface area contributed by atoms with Gasteiger partial charge in [0.1, 0.15) is 0 Å². The van der Waals surface area contributed by atoms with Gasteiger partial charge in [0.25, 0.3) is 0 Å². The van der Waals surface area contributed by atoms with Crippen molar-refractivity contribution in [2.75, 3.05) is 5.73 Å². The van der Waals surface area contributed by atoms with E-state index in [1.54, 1.807) is 25.1 Å². The molecule has 1 unspecified atom stereocenters. The van der Waals surface area contributed by atoms with Crippen molar-refractivity contribution in [3.05, 3.63) is 22.7 Å². The maximum Gasteiger partial charge on any atom is 0.182 e. The molecular formula is C11H16BrNO2S. The molecule has 1 atom stereocenters. The summed E-state index contributed by atoms with van der Waals surface area (Å²) < 4.78 is 24.9. The van der Waals surface area contributed by atoms with E-state index in [0.717, 1.165) is 6.42 Å². The Morgan fingerprint density at radius 1 is 1.44 bits per heavy atom. The van der Waals surface area contributed by atoms with Crippen molar-refractivity contribution in [2.24, 2.45) is 0 Å². The molecule has 0 aliphatic rings. The lowest BCUT2D eigenvalue weighted by molar-refractivity contribution is 0.575. The fourth-order valence-electron chi connectivity index (χ4n) is 1.53. The van der Waals surface area contributed by atoms with Crippen LogP contribution >= 0.6 is 15.9 Å². The number of hydrogen-bond acceptors (Lipinski definition) is 3. The number of anilines is 1. The molecule has 0 aromatic heterocycles. The van der Waals surface area contributed by atoms with Crippen molar-refractivity contribution in [3.63, 3.8) is 0 Å². The monoisotopic (exact) mass is 305 g/mol. The van der Waals surface area contributed by atoms with Crippen LogP contribution in [0.4, 0.5) is 5.69 Å². The molecule has 5 heteroatoms. The molecule has 0 saturated carbocycles. The molecule has 1 rings (SSSR count). The lowest BCUT2D eigenvalue weighted by Gasteiger charge is -2.13. The Hall–Kier alpha value is -0.550. The number of nitrogen functional groups attached to an aromatic ring is 1. The highest BCUT2D eigenvalue weighted by Crippen LogP contribution is 2.28. The fourth-order valence-corrected chi connectivity index (χ4v) is 4.17. The van der Waals surface area contributed by atoms with E-state index in [2.05, 4.69) is 15.9 Å². The molecule has 0 bridgehead atoms. The molecular weight excluding hydrogens is 290 g/mol. The van der Waals surface area contributed by atoms with Gasteiger partial charge in [-0.2, -0.15) is 0 Å². The first-order valence-corrected chi connectivity index (χ1v) is 7.52. The van der Waals surface area contributed by atoms with Gasteiger partial charge in [0.05, 0.1) is 10.1 Å². The van der Waals surface area contributed by atoms with Crippen LogP contribution in [0.15, 0.2) is 27.6 Å². The van der Waals surface area contributed by atoms with E-state index in [1.807, 2.05) is 6.92 Å². The van der Waals surface area contributed by atoms with Gasteiger partial charge in [-0.05, 0) is 47.5 Å². The summed E-state index contributed by atoms with van der Waals surface area (Å²) in [5.74, 6) is 0. The van der Waals surface area contributed by atoms with Crippen molar-refractivity contribution < 1.29 is 8.42 Å². The highest BCUT2D eigenvalue weighted by Gasteiger charge is 2.24. The van der Waals surface area contributed by atoms with Gasteiger partial charge in [0.2, 0.25) is 0 Å². The standard InChI is InChI=1S/C11H16BrNO2S/c1-3-4-8(2)16(14,15)11-6-5-9(13)7-10(11)12/h5-8H,3-4,13H2,1-2H3. The number of halogens is 1. The summed E-state index contributed by atoms with van der Waals surface area (Å²) in [5, 5.41) is -0.363. The van der Waals surface area contributed by atoms with E-state index < -0.39 is 9.84 Å². The zero-order chi connectivity index (χ0) is 12.3. The third-order valence-electron chi connectivity index (χ3n) is 2.49. The molecule has 0 saturated heterocycles. The number of nitrogens with two attached hydrogens (primary N) is 1. The van der Waals surface area contributed by atoms with Crippen molar-refractivity contribution in [1.29, 1.82) is 0 Å². The molecule has 1 aromatic carbocycles. The molecule has 16 heavy (non-hydrogen) atoms. The molecule has 0 radical (unpaired) electrons. The van der Waals surface area contributed by atoms with Crippen LogP contribution in [0.25, 0.3) is 0 Å². The van der Waals surface area contributed by atoms with Crippen LogP contribution in [0, 0.1) is 0 Å². The van der Waals surface area contributed by atoms with Crippen molar-refractivity contribution in [1.82, 2.24) is 0 Å². The Kier molecular flexibility index (Phi) is 4.38. The molecule has 0 fully saturated rings. The van der Waals surface area contributed by atoms with Crippen LogP contribution < -0.4 is 5.73 Å². The van der Waals surface area contributed by atoms with Crippen LogP contribution in [0.3, 0.4) is 0 Å². The molecule has 2 N–H and O–H groups in total. The summed E-state index contributed by atoms with van der Waals surface area (Å²) in [6, 6.07) is 4.78. The predicted molar refractivity (Wildman–Crippen MR) is 70.1 cm³/mol. The van der Waals surface area contributed by atoms with Crippen LogP contribution in [0.1, 0.15) is 26.7 Å². The molecule has 0 heterocycles. The first kappa shape index (κ1) is 13.5. The van der Waals surface area contributed by atoms with Gasteiger partial charge in [-0.15, -0.1) is 0 Å². The minimum Gasteiger partial charge on any atom is -0.399 e. The van der Waals surface area contributed by atoms with Gasteiger partial charge < -0.3 is 5.73 Å². The topological polar surface area (TPSA) is 60.2 Å². The highest BCUT2D eigenvalue weighted by atomic mass is 79.9. The van der Waals surface area contributed by atoms with E-state index in [4.69, 9.17) is 5.73 Å². The van der Waals surface area contributed by atoms with E-state index in [-0.39, 0.29) is 5.25 Å². The van der Waals surface area contributed by atoms with Gasteiger partial charge >= 0.3 is 0 Å². The number of hydrogen-bond donors (Lipinski definition) is 1. The van der Waals surface area contributed by atoms with Gasteiger partial charge in [0, 0.05) is 10.2 Å². The van der Waals surface area contributed by atoms with Gasteiger partial charge in [0.15, 0.2) is 9.84 Å². The summed E-state index contributed by atoms with van der Waals surface area (Å²) in [7, 11) is -3.25. The van der Waals surface area contributed by atoms with Crippen LogP contribution in [0.2, 0.25) is 0 Å². The van der Waals surface area contributed by atoms with Crippen LogP contribution in [0.5, 0.6) is 0 Å². The van der Waals surface area contributed by atoms with Crippen molar-refractivity contribution in [3.8, 4) is 0 Å². The Morgan fingerprint density at radius 3 is 2.56 bits per heavy atom. The number of benzene rings is 1. The molecule has 1 aromatic rings. The summed E-state index contributed by atoms with van der Waals surface area (Å²) in [6.45, 7) is 3.71. The SMILES string of the molecule is CCCC(C)S(=O)(=O)c1ccc(N)cc1Br. The van der Waals surface area contributed by atoms with Crippen LogP contribution in [-0.2, 0) is 9.84 Å². The second-order valence-corrected chi connectivity index (χ2v) is 7.02. The first-order chi connectivity index (χ1) is 7.39. The molecule has 0 aliphatic carbocycles. The molecule has 90 valence electrons. The lowest BCUT2D eigenvalue weighted by Crippen LogP contribution is -2.18. The fraction of sp³-hybridized carbons (Fsp3) is 0.455. The zero-order valence-corrected chi connectivity index (χ0v) is 11.8. The summed E-state index contributed by atoms with van der Waals surface area (Å²) in [5.41, 5.74) is 6.13. The largest absolute Gasteiger partial charge is 0.399 e. The highest BCUT2D eigenvalue weighted by molar-refractivity contribution is 9.10. The zero-order valence-electron chi connectivity index (χ0n) is 9.40. The Morgan fingerprint density at radius 2 is 2.06 bits per heavy atom. The normalized spacial score (nSPS) is 13.7. The summed E-state index contributed by atoms with van der Waals surface area (Å²) in [6.07, 6.45) is 1.52. The van der Waals surface area contributed by atoms with Crippen LogP contribution in [-0.4, -0.2) is 13.7 Å². The maximum atomic E-state index is 12.2. The van der Waals surface area contributed by atoms with Gasteiger partial charge in [-0.1, -0.05) is 13.3 Å². The summed E-state index contributed by atoms with van der Waals surface area (Å²) in [4.78, 5) is 0.322. The Balaban J connectivity index is 3.17. The van der Waals surface area contributed by atoms with Gasteiger partial charge in [-0.25, -0.2) is 8.42 Å². The minimum atomic E-state index is -3.25. The Bertz CT molecular complexity index is 471.